The first-order chi connectivity index (χ1) is 10.1. The Hall–Kier alpha value is -1.90. The summed E-state index contributed by atoms with van der Waals surface area (Å²) in [5, 5.41) is 2.35. The van der Waals surface area contributed by atoms with E-state index in [0.717, 1.165) is 27.5 Å². The Morgan fingerprint density at radius 3 is 2.57 bits per heavy atom. The van der Waals surface area contributed by atoms with Crippen molar-refractivity contribution in [3.05, 3.63) is 82.1 Å². The second kappa shape index (κ2) is 5.47. The molecule has 0 amide bonds. The smallest absolute Gasteiger partial charge is 0.141 e. The van der Waals surface area contributed by atoms with Gasteiger partial charge < -0.3 is 5.73 Å². The van der Waals surface area contributed by atoms with E-state index in [1.54, 1.807) is 12.1 Å². The lowest BCUT2D eigenvalue weighted by atomic mass is 9.91. The Labute approximate surface area is 128 Å². The molecule has 0 aliphatic carbocycles. The van der Waals surface area contributed by atoms with E-state index in [4.69, 9.17) is 17.3 Å². The second-order valence-electron chi connectivity index (χ2n) is 5.17. The van der Waals surface area contributed by atoms with E-state index in [9.17, 15) is 4.39 Å². The molecule has 0 aromatic heterocycles. The molecule has 3 aromatic rings. The van der Waals surface area contributed by atoms with E-state index >= 15 is 0 Å². The highest BCUT2D eigenvalue weighted by molar-refractivity contribution is 6.30. The zero-order chi connectivity index (χ0) is 15.0. The van der Waals surface area contributed by atoms with E-state index in [2.05, 4.69) is 24.3 Å². The van der Waals surface area contributed by atoms with E-state index in [1.165, 1.54) is 6.07 Å². The predicted octanol–water partition coefficient (Wildman–Crippen LogP) is 4.99. The predicted molar refractivity (Wildman–Crippen MR) is 86.1 cm³/mol. The van der Waals surface area contributed by atoms with E-state index in [1.807, 2.05) is 19.1 Å². The quantitative estimate of drug-likeness (QED) is 0.709. The lowest BCUT2D eigenvalue weighted by Crippen LogP contribution is -2.14. The van der Waals surface area contributed by atoms with Crippen molar-refractivity contribution < 1.29 is 4.39 Å². The fraction of sp³-hybridized carbons (Fsp3) is 0.111. The lowest BCUT2D eigenvalue weighted by molar-refractivity contribution is 0.627. The van der Waals surface area contributed by atoms with Gasteiger partial charge in [-0.2, -0.15) is 0 Å². The zero-order valence-corrected chi connectivity index (χ0v) is 12.4. The highest BCUT2D eigenvalue weighted by Crippen LogP contribution is 2.31. The van der Waals surface area contributed by atoms with E-state index in [0.29, 0.717) is 0 Å². The van der Waals surface area contributed by atoms with Crippen molar-refractivity contribution >= 4 is 22.4 Å². The Morgan fingerprint density at radius 2 is 1.81 bits per heavy atom. The molecule has 0 heterocycles. The van der Waals surface area contributed by atoms with Gasteiger partial charge in [-0.1, -0.05) is 54.1 Å². The Morgan fingerprint density at radius 1 is 1.05 bits per heavy atom. The van der Waals surface area contributed by atoms with Crippen LogP contribution >= 0.6 is 11.6 Å². The molecule has 0 aliphatic rings. The maximum atomic E-state index is 13.3. The SMILES string of the molecule is Cc1ccc2ccccc2c1C(N)c1ccc(F)c(Cl)c1. The standard InChI is InChI=1S/C18H15ClFN/c1-11-6-7-12-4-2-3-5-14(12)17(11)18(21)13-8-9-16(20)15(19)10-13/h2-10,18H,21H2,1H3. The Balaban J connectivity index is 2.19. The van der Waals surface area contributed by atoms with Crippen molar-refractivity contribution in [2.24, 2.45) is 5.73 Å². The van der Waals surface area contributed by atoms with Crippen LogP contribution in [0.15, 0.2) is 54.6 Å². The van der Waals surface area contributed by atoms with Gasteiger partial charge in [-0.05, 0) is 46.5 Å². The Kier molecular flexibility index (Phi) is 3.66. The van der Waals surface area contributed by atoms with Crippen LogP contribution in [-0.2, 0) is 0 Å². The summed E-state index contributed by atoms with van der Waals surface area (Å²) in [6.45, 7) is 2.03. The molecule has 106 valence electrons. The third-order valence-electron chi connectivity index (χ3n) is 3.80. The van der Waals surface area contributed by atoms with Crippen molar-refractivity contribution in [2.45, 2.75) is 13.0 Å². The van der Waals surface area contributed by atoms with Gasteiger partial charge in [0.05, 0.1) is 11.1 Å². The summed E-state index contributed by atoms with van der Waals surface area (Å²) in [5.74, 6) is -0.428. The molecule has 3 heteroatoms. The minimum Gasteiger partial charge on any atom is -0.320 e. The number of aryl methyl sites for hydroxylation is 1. The van der Waals surface area contributed by atoms with Gasteiger partial charge in [0.15, 0.2) is 0 Å². The lowest BCUT2D eigenvalue weighted by Gasteiger charge is -2.18. The highest BCUT2D eigenvalue weighted by Gasteiger charge is 2.16. The fourth-order valence-electron chi connectivity index (χ4n) is 2.69. The molecule has 21 heavy (non-hydrogen) atoms. The van der Waals surface area contributed by atoms with Crippen LogP contribution in [0, 0.1) is 12.7 Å². The summed E-state index contributed by atoms with van der Waals surface area (Å²) < 4.78 is 13.3. The molecule has 0 aliphatic heterocycles. The van der Waals surface area contributed by atoms with Crippen LogP contribution < -0.4 is 5.73 Å². The third-order valence-corrected chi connectivity index (χ3v) is 4.09. The number of halogens is 2. The minimum absolute atomic E-state index is 0.0980. The van der Waals surface area contributed by atoms with Gasteiger partial charge in [0.25, 0.3) is 0 Å². The summed E-state index contributed by atoms with van der Waals surface area (Å²) in [7, 11) is 0. The van der Waals surface area contributed by atoms with Gasteiger partial charge in [0.1, 0.15) is 5.82 Å². The summed E-state index contributed by atoms with van der Waals surface area (Å²) >= 11 is 5.87. The molecule has 3 aromatic carbocycles. The first kappa shape index (κ1) is 14.1. The molecule has 0 radical (unpaired) electrons. The van der Waals surface area contributed by atoms with Gasteiger partial charge in [-0.25, -0.2) is 4.39 Å². The van der Waals surface area contributed by atoms with Crippen LogP contribution in [0.3, 0.4) is 0 Å². The van der Waals surface area contributed by atoms with Crippen LogP contribution in [0.4, 0.5) is 4.39 Å². The monoisotopic (exact) mass is 299 g/mol. The molecule has 1 atom stereocenters. The van der Waals surface area contributed by atoms with Gasteiger partial charge in [0, 0.05) is 0 Å². The van der Waals surface area contributed by atoms with Crippen LogP contribution in [0.5, 0.6) is 0 Å². The van der Waals surface area contributed by atoms with Gasteiger partial charge >= 0.3 is 0 Å². The topological polar surface area (TPSA) is 26.0 Å². The number of hydrogen-bond acceptors (Lipinski definition) is 1. The average Bonchev–Trinajstić information content (AvgIpc) is 2.49. The molecule has 0 saturated carbocycles. The van der Waals surface area contributed by atoms with Crippen LogP contribution in [-0.4, -0.2) is 0 Å². The molecule has 1 unspecified atom stereocenters. The van der Waals surface area contributed by atoms with Crippen molar-refractivity contribution in [2.75, 3.05) is 0 Å². The van der Waals surface area contributed by atoms with E-state index in [-0.39, 0.29) is 11.1 Å². The molecule has 0 bridgehead atoms. The minimum atomic E-state index is -0.428. The number of rotatable bonds is 2. The van der Waals surface area contributed by atoms with Crippen LogP contribution in [0.25, 0.3) is 10.8 Å². The summed E-state index contributed by atoms with van der Waals surface area (Å²) in [4.78, 5) is 0. The third kappa shape index (κ3) is 2.53. The number of benzene rings is 3. The number of hydrogen-bond donors (Lipinski definition) is 1. The summed E-state index contributed by atoms with van der Waals surface area (Å²) in [5.41, 5.74) is 9.39. The number of nitrogens with two attached hydrogens (primary N) is 1. The van der Waals surface area contributed by atoms with Crippen LogP contribution in [0.1, 0.15) is 22.7 Å². The second-order valence-corrected chi connectivity index (χ2v) is 5.58. The van der Waals surface area contributed by atoms with Crippen molar-refractivity contribution in [1.82, 2.24) is 0 Å². The van der Waals surface area contributed by atoms with Crippen molar-refractivity contribution in [3.8, 4) is 0 Å². The van der Waals surface area contributed by atoms with Gasteiger partial charge in [0.2, 0.25) is 0 Å². The zero-order valence-electron chi connectivity index (χ0n) is 11.6. The Bertz CT molecular complexity index is 813. The summed E-state index contributed by atoms with van der Waals surface area (Å²) in [6.07, 6.45) is 0. The highest BCUT2D eigenvalue weighted by atomic mass is 35.5. The average molecular weight is 300 g/mol. The maximum Gasteiger partial charge on any atom is 0.141 e. The van der Waals surface area contributed by atoms with Gasteiger partial charge in [-0.3, -0.25) is 0 Å². The first-order valence-electron chi connectivity index (χ1n) is 6.76. The number of fused-ring (bicyclic) bond motifs is 1. The first-order valence-corrected chi connectivity index (χ1v) is 7.14. The maximum absolute atomic E-state index is 13.3. The molecule has 1 nitrogen and oxygen atoms in total. The molecule has 0 spiro atoms. The molecule has 0 saturated heterocycles. The van der Waals surface area contributed by atoms with Gasteiger partial charge in [-0.15, -0.1) is 0 Å². The molecule has 3 rings (SSSR count). The van der Waals surface area contributed by atoms with Crippen molar-refractivity contribution in [1.29, 1.82) is 0 Å². The normalized spacial score (nSPS) is 12.6. The van der Waals surface area contributed by atoms with Crippen LogP contribution in [0.2, 0.25) is 5.02 Å². The molecule has 0 fully saturated rings. The molecular formula is C18H15ClFN. The summed E-state index contributed by atoms with van der Waals surface area (Å²) in [6, 6.07) is 16.6. The fourth-order valence-corrected chi connectivity index (χ4v) is 2.88. The van der Waals surface area contributed by atoms with Crippen molar-refractivity contribution in [3.63, 3.8) is 0 Å². The largest absolute Gasteiger partial charge is 0.320 e. The molecular weight excluding hydrogens is 285 g/mol. The molecule has 2 N–H and O–H groups in total. The van der Waals surface area contributed by atoms with E-state index < -0.39 is 5.82 Å².